The highest BCUT2D eigenvalue weighted by Crippen LogP contribution is 2.17. The summed E-state index contributed by atoms with van der Waals surface area (Å²) in [4.78, 5) is 15.3. The van der Waals surface area contributed by atoms with Crippen LogP contribution in [0.5, 0.6) is 5.75 Å². The molecule has 4 nitrogen and oxygen atoms in total. The molecule has 0 bridgehead atoms. The molecule has 0 aliphatic carbocycles. The number of aromatic nitrogens is 1. The lowest BCUT2D eigenvalue weighted by atomic mass is 10.1. The van der Waals surface area contributed by atoms with E-state index in [9.17, 15) is 9.90 Å². The van der Waals surface area contributed by atoms with Gasteiger partial charge in [-0.05, 0) is 30.2 Å². The lowest BCUT2D eigenvalue weighted by Gasteiger charge is -2.05. The fourth-order valence-electron chi connectivity index (χ4n) is 2.34. The number of para-hydroxylation sites is 1. The average molecular weight is 280 g/mol. The molecule has 3 aromatic rings. The zero-order valence-electron chi connectivity index (χ0n) is 11.5. The van der Waals surface area contributed by atoms with Gasteiger partial charge in [0.15, 0.2) is 0 Å². The van der Waals surface area contributed by atoms with E-state index in [4.69, 9.17) is 0 Å². The van der Waals surface area contributed by atoms with Crippen LogP contribution in [0.25, 0.3) is 10.9 Å². The van der Waals surface area contributed by atoms with Gasteiger partial charge in [-0.1, -0.05) is 30.3 Å². The third-order valence-electron chi connectivity index (χ3n) is 3.47. The van der Waals surface area contributed by atoms with Gasteiger partial charge >= 0.3 is 0 Å². The Kier molecular flexibility index (Phi) is 3.60. The van der Waals surface area contributed by atoms with Crippen molar-refractivity contribution in [2.45, 2.75) is 6.42 Å². The highest BCUT2D eigenvalue weighted by molar-refractivity contribution is 6.06. The Morgan fingerprint density at radius 2 is 1.86 bits per heavy atom. The normalized spacial score (nSPS) is 10.7. The number of hydrogen-bond acceptors (Lipinski definition) is 2. The van der Waals surface area contributed by atoms with Crippen LogP contribution in [0.2, 0.25) is 0 Å². The van der Waals surface area contributed by atoms with Crippen molar-refractivity contribution in [2.75, 3.05) is 6.54 Å². The molecule has 0 unspecified atom stereocenters. The van der Waals surface area contributed by atoms with Crippen LogP contribution >= 0.6 is 0 Å². The summed E-state index contributed by atoms with van der Waals surface area (Å²) in [6.07, 6.45) is 2.47. The first kappa shape index (κ1) is 13.2. The van der Waals surface area contributed by atoms with Crippen LogP contribution in [0.1, 0.15) is 15.9 Å². The van der Waals surface area contributed by atoms with Gasteiger partial charge in [-0.3, -0.25) is 4.79 Å². The Bertz CT molecular complexity index is 760. The standard InChI is InChI=1S/C17H16N2O2/c20-13-7-5-12(6-8-13)9-10-18-17(21)15-11-19-16-4-2-1-3-14(15)16/h1-8,11,19-20H,9-10H2,(H,18,21). The van der Waals surface area contributed by atoms with Crippen molar-refractivity contribution < 1.29 is 9.90 Å². The lowest BCUT2D eigenvalue weighted by molar-refractivity contribution is 0.0956. The Labute approximate surface area is 122 Å². The number of benzene rings is 2. The highest BCUT2D eigenvalue weighted by Gasteiger charge is 2.10. The van der Waals surface area contributed by atoms with E-state index in [-0.39, 0.29) is 11.7 Å². The Balaban J connectivity index is 1.63. The van der Waals surface area contributed by atoms with Crippen molar-refractivity contribution in [3.8, 4) is 5.75 Å². The second kappa shape index (κ2) is 5.71. The maximum absolute atomic E-state index is 12.2. The van der Waals surface area contributed by atoms with Crippen LogP contribution < -0.4 is 5.32 Å². The molecule has 2 aromatic carbocycles. The minimum absolute atomic E-state index is 0.0776. The molecule has 3 rings (SSSR count). The number of rotatable bonds is 4. The number of H-pyrrole nitrogens is 1. The second-order valence-electron chi connectivity index (χ2n) is 4.92. The summed E-state index contributed by atoms with van der Waals surface area (Å²) in [5.41, 5.74) is 2.70. The van der Waals surface area contributed by atoms with E-state index in [2.05, 4.69) is 10.3 Å². The van der Waals surface area contributed by atoms with Gasteiger partial charge in [-0.2, -0.15) is 0 Å². The third kappa shape index (κ3) is 2.89. The van der Waals surface area contributed by atoms with E-state index in [1.54, 1.807) is 18.3 Å². The predicted octanol–water partition coefficient (Wildman–Crippen LogP) is 2.85. The van der Waals surface area contributed by atoms with Gasteiger partial charge in [0.05, 0.1) is 5.56 Å². The summed E-state index contributed by atoms with van der Waals surface area (Å²) in [5, 5.41) is 13.1. The van der Waals surface area contributed by atoms with Crippen molar-refractivity contribution in [3.05, 3.63) is 65.9 Å². The Morgan fingerprint density at radius 1 is 1.10 bits per heavy atom. The average Bonchev–Trinajstić information content (AvgIpc) is 2.93. The molecular weight excluding hydrogens is 264 g/mol. The fraction of sp³-hybridized carbons (Fsp3) is 0.118. The quantitative estimate of drug-likeness (QED) is 0.688. The topological polar surface area (TPSA) is 65.1 Å². The molecule has 0 saturated carbocycles. The van der Waals surface area contributed by atoms with Gasteiger partial charge in [0.2, 0.25) is 0 Å². The summed E-state index contributed by atoms with van der Waals surface area (Å²) in [6.45, 7) is 0.559. The molecule has 1 amide bonds. The van der Waals surface area contributed by atoms with Crippen LogP contribution in [0.3, 0.4) is 0 Å². The summed E-state index contributed by atoms with van der Waals surface area (Å²) in [7, 11) is 0. The maximum atomic E-state index is 12.2. The molecule has 106 valence electrons. The summed E-state index contributed by atoms with van der Waals surface area (Å²) >= 11 is 0. The molecule has 0 aliphatic heterocycles. The predicted molar refractivity (Wildman–Crippen MR) is 82.4 cm³/mol. The van der Waals surface area contributed by atoms with E-state index in [1.807, 2.05) is 36.4 Å². The number of fused-ring (bicyclic) bond motifs is 1. The Hall–Kier alpha value is -2.75. The third-order valence-corrected chi connectivity index (χ3v) is 3.47. The Morgan fingerprint density at radius 3 is 2.67 bits per heavy atom. The van der Waals surface area contributed by atoms with Crippen LogP contribution in [0, 0.1) is 0 Å². The minimum Gasteiger partial charge on any atom is -0.508 e. The fourth-order valence-corrected chi connectivity index (χ4v) is 2.34. The highest BCUT2D eigenvalue weighted by atomic mass is 16.3. The number of carbonyl (C=O) groups is 1. The molecule has 21 heavy (non-hydrogen) atoms. The first-order chi connectivity index (χ1) is 10.2. The number of amides is 1. The van der Waals surface area contributed by atoms with Crippen LogP contribution in [0.15, 0.2) is 54.7 Å². The van der Waals surface area contributed by atoms with E-state index < -0.39 is 0 Å². The van der Waals surface area contributed by atoms with Crippen LogP contribution in [0.4, 0.5) is 0 Å². The van der Waals surface area contributed by atoms with Crippen molar-refractivity contribution >= 4 is 16.8 Å². The lowest BCUT2D eigenvalue weighted by Crippen LogP contribution is -2.25. The molecule has 1 aromatic heterocycles. The van der Waals surface area contributed by atoms with Crippen LogP contribution in [-0.4, -0.2) is 22.5 Å². The number of aromatic hydroxyl groups is 1. The molecule has 0 spiro atoms. The summed E-state index contributed by atoms with van der Waals surface area (Å²) in [5.74, 6) is 0.174. The van der Waals surface area contributed by atoms with Gasteiger partial charge in [0.1, 0.15) is 5.75 Å². The number of phenolic OH excluding ortho intramolecular Hbond substituents is 1. The molecular formula is C17H16N2O2. The minimum atomic E-state index is -0.0776. The number of hydrogen-bond donors (Lipinski definition) is 3. The number of carbonyl (C=O) groups excluding carboxylic acids is 1. The van der Waals surface area contributed by atoms with Crippen molar-refractivity contribution in [3.63, 3.8) is 0 Å². The summed E-state index contributed by atoms with van der Waals surface area (Å²) in [6, 6.07) is 14.7. The van der Waals surface area contributed by atoms with Gasteiger partial charge in [-0.15, -0.1) is 0 Å². The zero-order chi connectivity index (χ0) is 14.7. The molecule has 0 radical (unpaired) electrons. The van der Waals surface area contributed by atoms with Gasteiger partial charge in [0.25, 0.3) is 5.91 Å². The van der Waals surface area contributed by atoms with E-state index in [1.165, 1.54) is 0 Å². The first-order valence-corrected chi connectivity index (χ1v) is 6.86. The molecule has 1 heterocycles. The largest absolute Gasteiger partial charge is 0.508 e. The van der Waals surface area contributed by atoms with Gasteiger partial charge in [0, 0.05) is 23.6 Å². The first-order valence-electron chi connectivity index (χ1n) is 6.86. The van der Waals surface area contributed by atoms with Crippen molar-refractivity contribution in [2.24, 2.45) is 0 Å². The number of nitrogens with one attached hydrogen (secondary N) is 2. The monoisotopic (exact) mass is 280 g/mol. The van der Waals surface area contributed by atoms with Gasteiger partial charge < -0.3 is 15.4 Å². The molecule has 0 atom stereocenters. The molecule has 4 heteroatoms. The SMILES string of the molecule is O=C(NCCc1ccc(O)cc1)c1c[nH]c2ccccc12. The van der Waals surface area contributed by atoms with E-state index in [0.717, 1.165) is 22.9 Å². The number of phenols is 1. The van der Waals surface area contributed by atoms with E-state index >= 15 is 0 Å². The van der Waals surface area contributed by atoms with Gasteiger partial charge in [-0.25, -0.2) is 0 Å². The smallest absolute Gasteiger partial charge is 0.253 e. The molecule has 0 aliphatic rings. The summed E-state index contributed by atoms with van der Waals surface area (Å²) < 4.78 is 0. The maximum Gasteiger partial charge on any atom is 0.253 e. The number of aromatic amines is 1. The van der Waals surface area contributed by atoms with Crippen LogP contribution in [-0.2, 0) is 6.42 Å². The molecule has 3 N–H and O–H groups in total. The molecule has 0 saturated heterocycles. The zero-order valence-corrected chi connectivity index (χ0v) is 11.5. The molecule has 0 fully saturated rings. The van der Waals surface area contributed by atoms with E-state index in [0.29, 0.717) is 12.1 Å². The second-order valence-corrected chi connectivity index (χ2v) is 4.92. The van der Waals surface area contributed by atoms with Crippen molar-refractivity contribution in [1.82, 2.24) is 10.3 Å². The van der Waals surface area contributed by atoms with Crippen molar-refractivity contribution in [1.29, 1.82) is 0 Å².